The summed E-state index contributed by atoms with van der Waals surface area (Å²) < 4.78 is 16.5. The smallest absolute Gasteiger partial charge is 0.306 e. The second-order valence-electron chi connectivity index (χ2n) is 13.2. The molecule has 6 heteroatoms. The Balaban J connectivity index is 4.43. The maximum Gasteiger partial charge on any atom is 0.306 e. The lowest BCUT2D eigenvalue weighted by molar-refractivity contribution is -0.166. The van der Waals surface area contributed by atoms with Gasteiger partial charge in [-0.05, 0) is 57.8 Å². The number of hydrogen-bond acceptors (Lipinski definition) is 6. The van der Waals surface area contributed by atoms with Crippen molar-refractivity contribution >= 4 is 17.9 Å². The fraction of sp³-hybridized carbons (Fsp3) is 0.667. The molecule has 0 saturated carbocycles. The third-order valence-corrected chi connectivity index (χ3v) is 8.24. The van der Waals surface area contributed by atoms with E-state index in [0.29, 0.717) is 19.3 Å². The van der Waals surface area contributed by atoms with E-state index in [2.05, 4.69) is 81.5 Å². The van der Waals surface area contributed by atoms with E-state index >= 15 is 0 Å². The Morgan fingerprint density at radius 1 is 0.412 bits per heavy atom. The van der Waals surface area contributed by atoms with E-state index in [1.165, 1.54) is 51.4 Å². The van der Waals surface area contributed by atoms with E-state index in [1.54, 1.807) is 0 Å². The third-order valence-electron chi connectivity index (χ3n) is 8.24. The standard InChI is InChI=1S/C45H74O6/c1-4-7-10-13-16-17-18-19-20-21-22-23-24-25-26-27-30-33-36-39-45(48)51-42(40-49-43(46)37-34-31-28-14-11-8-5-2)41-50-44(47)38-35-32-29-15-12-9-6-3/h7,10,16-17,19-20,22-23,25-26,30,33,42H,4-6,8-9,11-15,18,21,24,27-29,31-32,34-41H2,1-3H3/b10-7-,17-16-,20-19-,23-22-,26-25-,33-30-. The van der Waals surface area contributed by atoms with E-state index in [0.717, 1.165) is 77.0 Å². The zero-order valence-corrected chi connectivity index (χ0v) is 32.8. The molecule has 51 heavy (non-hydrogen) atoms. The SMILES string of the molecule is CC/C=C\C/C=C\C/C=C\C/C=C\C/C=C\C/C=C\CCC(=O)OC(COC(=O)CCCCCCCCC)COC(=O)CCCCCCCCC. The molecule has 0 rings (SSSR count). The Labute approximate surface area is 312 Å². The van der Waals surface area contributed by atoms with Gasteiger partial charge < -0.3 is 14.2 Å². The minimum Gasteiger partial charge on any atom is -0.462 e. The third kappa shape index (κ3) is 37.9. The Morgan fingerprint density at radius 3 is 1.16 bits per heavy atom. The van der Waals surface area contributed by atoms with Crippen LogP contribution in [0.5, 0.6) is 0 Å². The molecule has 0 aromatic heterocycles. The van der Waals surface area contributed by atoms with Gasteiger partial charge in [0, 0.05) is 19.3 Å². The molecule has 0 atom stereocenters. The Kier molecular flexibility index (Phi) is 37.2. The van der Waals surface area contributed by atoms with Crippen molar-refractivity contribution in [2.45, 2.75) is 181 Å². The fourth-order valence-electron chi connectivity index (χ4n) is 5.17. The molecule has 290 valence electrons. The number of hydrogen-bond donors (Lipinski definition) is 0. The summed E-state index contributed by atoms with van der Waals surface area (Å²) in [6, 6.07) is 0. The van der Waals surface area contributed by atoms with Crippen molar-refractivity contribution in [3.8, 4) is 0 Å². The molecule has 0 bridgehead atoms. The number of rotatable bonds is 35. The van der Waals surface area contributed by atoms with Crippen molar-refractivity contribution in [1.29, 1.82) is 0 Å². The lowest BCUT2D eigenvalue weighted by Gasteiger charge is -2.18. The number of allylic oxidation sites excluding steroid dienone is 12. The second kappa shape index (κ2) is 39.6. The molecule has 0 unspecified atom stereocenters. The van der Waals surface area contributed by atoms with Gasteiger partial charge in [-0.15, -0.1) is 0 Å². The lowest BCUT2D eigenvalue weighted by Crippen LogP contribution is -2.30. The zero-order chi connectivity index (χ0) is 37.3. The van der Waals surface area contributed by atoms with E-state index in [1.807, 2.05) is 12.2 Å². The van der Waals surface area contributed by atoms with Gasteiger partial charge in [-0.2, -0.15) is 0 Å². The monoisotopic (exact) mass is 711 g/mol. The van der Waals surface area contributed by atoms with Crippen LogP contribution in [0, 0.1) is 0 Å². The van der Waals surface area contributed by atoms with Crippen LogP contribution in [0.3, 0.4) is 0 Å². The molecule has 0 aliphatic heterocycles. The van der Waals surface area contributed by atoms with Crippen LogP contribution < -0.4 is 0 Å². The molecular weight excluding hydrogens is 636 g/mol. The van der Waals surface area contributed by atoms with Gasteiger partial charge in [-0.3, -0.25) is 14.4 Å². The van der Waals surface area contributed by atoms with E-state index in [9.17, 15) is 14.4 Å². The second-order valence-corrected chi connectivity index (χ2v) is 13.2. The molecule has 0 amide bonds. The maximum atomic E-state index is 12.6. The zero-order valence-electron chi connectivity index (χ0n) is 32.8. The molecule has 0 aromatic carbocycles. The van der Waals surface area contributed by atoms with Gasteiger partial charge in [0.1, 0.15) is 13.2 Å². The maximum absolute atomic E-state index is 12.6. The van der Waals surface area contributed by atoms with E-state index in [4.69, 9.17) is 14.2 Å². The van der Waals surface area contributed by atoms with Crippen LogP contribution >= 0.6 is 0 Å². The normalized spacial score (nSPS) is 12.2. The van der Waals surface area contributed by atoms with E-state index in [-0.39, 0.29) is 31.6 Å². The van der Waals surface area contributed by atoms with E-state index < -0.39 is 12.1 Å². The van der Waals surface area contributed by atoms with Crippen LogP contribution in [-0.2, 0) is 28.6 Å². The molecule has 0 aliphatic rings. The molecule has 0 spiro atoms. The predicted octanol–water partition coefficient (Wildman–Crippen LogP) is 12.7. The Bertz CT molecular complexity index is 968. The van der Waals surface area contributed by atoms with Crippen molar-refractivity contribution in [3.05, 3.63) is 72.9 Å². The lowest BCUT2D eigenvalue weighted by atomic mass is 10.1. The number of unbranched alkanes of at least 4 members (excludes halogenated alkanes) is 12. The minimum absolute atomic E-state index is 0.105. The fourth-order valence-corrected chi connectivity index (χ4v) is 5.17. The Morgan fingerprint density at radius 2 is 0.765 bits per heavy atom. The molecule has 0 saturated heterocycles. The summed E-state index contributed by atoms with van der Waals surface area (Å²) >= 11 is 0. The molecule has 0 heterocycles. The topological polar surface area (TPSA) is 78.9 Å². The van der Waals surface area contributed by atoms with Gasteiger partial charge in [0.05, 0.1) is 0 Å². The average molecular weight is 711 g/mol. The first-order valence-corrected chi connectivity index (χ1v) is 20.4. The van der Waals surface area contributed by atoms with Gasteiger partial charge in [-0.25, -0.2) is 0 Å². The summed E-state index contributed by atoms with van der Waals surface area (Å²) in [7, 11) is 0. The highest BCUT2D eigenvalue weighted by Crippen LogP contribution is 2.11. The molecule has 0 aromatic rings. The van der Waals surface area contributed by atoms with Crippen LogP contribution in [0.15, 0.2) is 72.9 Å². The van der Waals surface area contributed by atoms with Crippen molar-refractivity contribution in [2.24, 2.45) is 0 Å². The van der Waals surface area contributed by atoms with Gasteiger partial charge >= 0.3 is 17.9 Å². The quantitative estimate of drug-likeness (QED) is 0.0282. The van der Waals surface area contributed by atoms with Crippen molar-refractivity contribution in [1.82, 2.24) is 0 Å². The van der Waals surface area contributed by atoms with Crippen molar-refractivity contribution in [3.63, 3.8) is 0 Å². The summed E-state index contributed by atoms with van der Waals surface area (Å²) in [6.07, 6.45) is 47.8. The van der Waals surface area contributed by atoms with Crippen LogP contribution in [0.1, 0.15) is 175 Å². The first-order chi connectivity index (χ1) is 25.0. The first-order valence-electron chi connectivity index (χ1n) is 20.4. The first kappa shape index (κ1) is 47.8. The molecular formula is C45H74O6. The van der Waals surface area contributed by atoms with Gasteiger partial charge in [0.15, 0.2) is 6.10 Å². The molecule has 0 fully saturated rings. The highest BCUT2D eigenvalue weighted by molar-refractivity contribution is 5.71. The number of ether oxygens (including phenoxy) is 3. The van der Waals surface area contributed by atoms with Gasteiger partial charge in [-0.1, -0.05) is 171 Å². The van der Waals surface area contributed by atoms with Crippen LogP contribution in [0.25, 0.3) is 0 Å². The number of carbonyl (C=O) groups is 3. The van der Waals surface area contributed by atoms with Crippen LogP contribution in [0.4, 0.5) is 0 Å². The van der Waals surface area contributed by atoms with Crippen molar-refractivity contribution < 1.29 is 28.6 Å². The van der Waals surface area contributed by atoms with Crippen molar-refractivity contribution in [2.75, 3.05) is 13.2 Å². The molecule has 0 radical (unpaired) electrons. The highest BCUT2D eigenvalue weighted by Gasteiger charge is 2.19. The minimum atomic E-state index is -0.807. The largest absolute Gasteiger partial charge is 0.462 e. The molecule has 6 nitrogen and oxygen atoms in total. The predicted molar refractivity (Wildman–Crippen MR) is 214 cm³/mol. The summed E-state index contributed by atoms with van der Waals surface area (Å²) in [5.74, 6) is -1.01. The summed E-state index contributed by atoms with van der Waals surface area (Å²) in [4.78, 5) is 37.3. The van der Waals surface area contributed by atoms with Crippen LogP contribution in [-0.4, -0.2) is 37.2 Å². The van der Waals surface area contributed by atoms with Crippen LogP contribution in [0.2, 0.25) is 0 Å². The average Bonchev–Trinajstić information content (AvgIpc) is 3.12. The summed E-state index contributed by atoms with van der Waals surface area (Å²) in [5, 5.41) is 0. The Hall–Kier alpha value is -3.15. The number of esters is 3. The van der Waals surface area contributed by atoms with Gasteiger partial charge in [0.25, 0.3) is 0 Å². The summed E-state index contributed by atoms with van der Waals surface area (Å²) in [6.45, 7) is 6.33. The molecule has 0 N–H and O–H groups in total. The number of carbonyl (C=O) groups excluding carboxylic acids is 3. The highest BCUT2D eigenvalue weighted by atomic mass is 16.6. The summed E-state index contributed by atoms with van der Waals surface area (Å²) in [5.41, 5.74) is 0. The van der Waals surface area contributed by atoms with Gasteiger partial charge in [0.2, 0.25) is 0 Å². The molecule has 0 aliphatic carbocycles.